The molecule has 0 aliphatic heterocycles. The zero-order valence-corrected chi connectivity index (χ0v) is 14.8. The Balaban J connectivity index is 2.13. The van der Waals surface area contributed by atoms with E-state index in [0.717, 1.165) is 5.69 Å². The smallest absolute Gasteiger partial charge is 0.0446 e. The number of rotatable bonds is 4. The third-order valence-electron chi connectivity index (χ3n) is 4.30. The average Bonchev–Trinajstić information content (AvgIpc) is 3.21. The van der Waals surface area contributed by atoms with E-state index in [0.29, 0.717) is 0 Å². The van der Waals surface area contributed by atoms with Crippen LogP contribution in [0.15, 0.2) is 120 Å². The molecule has 0 fully saturated rings. The van der Waals surface area contributed by atoms with Crippen LogP contribution < -0.4 is 15.9 Å². The highest BCUT2D eigenvalue weighted by molar-refractivity contribution is 7.87. The summed E-state index contributed by atoms with van der Waals surface area (Å²) in [5, 5.41) is 3.82. The predicted octanol–water partition coefficient (Wildman–Crippen LogP) is 5.21. The molecule has 0 atom stereocenters. The van der Waals surface area contributed by atoms with Crippen molar-refractivity contribution in [1.29, 1.82) is 0 Å². The van der Waals surface area contributed by atoms with Crippen LogP contribution in [0.3, 0.4) is 0 Å². The molecule has 0 heterocycles. The minimum Gasteiger partial charge on any atom is -0.329 e. The molecule has 0 saturated heterocycles. The van der Waals surface area contributed by atoms with Crippen molar-refractivity contribution in [2.24, 2.45) is 4.74 Å². The monoisotopic (exact) mass is 340 g/mol. The van der Waals surface area contributed by atoms with Gasteiger partial charge in [-0.2, -0.15) is 24.3 Å². The summed E-state index contributed by atoms with van der Waals surface area (Å²) in [6.45, 7) is 0. The Hall–Kier alpha value is -2.76. The Morgan fingerprint density at radius 1 is 0.560 bits per heavy atom. The molecule has 0 bridgehead atoms. The van der Waals surface area contributed by atoms with E-state index in [9.17, 15) is 0 Å². The third kappa shape index (κ3) is 2.99. The second kappa shape index (κ2) is 7.01. The van der Waals surface area contributed by atoms with Crippen molar-refractivity contribution in [3.63, 3.8) is 0 Å². The molecule has 2 heteroatoms. The van der Waals surface area contributed by atoms with Gasteiger partial charge >= 0.3 is 0 Å². The Bertz CT molecular complexity index is 869. The first-order valence-electron chi connectivity index (χ1n) is 8.40. The second-order valence-electron chi connectivity index (χ2n) is 5.89. The molecule has 0 unspecified atom stereocenters. The Morgan fingerprint density at radius 3 is 1.36 bits per heavy atom. The number of hydrogen-bond donors (Lipinski definition) is 0. The molecule has 4 aromatic rings. The molecule has 0 radical (unpaired) electrons. The van der Waals surface area contributed by atoms with Gasteiger partial charge in [0.15, 0.2) is 0 Å². The van der Waals surface area contributed by atoms with Crippen molar-refractivity contribution in [2.75, 3.05) is 0 Å². The number of nitrogens with zero attached hydrogens (tertiary/aromatic N) is 1. The fourth-order valence-corrected chi connectivity index (χ4v) is 6.69. The normalized spacial score (nSPS) is 11.2. The van der Waals surface area contributed by atoms with Crippen molar-refractivity contribution >= 4 is 28.7 Å². The zero-order valence-electron chi connectivity index (χ0n) is 13.9. The van der Waals surface area contributed by atoms with E-state index in [4.69, 9.17) is 4.74 Å². The van der Waals surface area contributed by atoms with Crippen LogP contribution in [0.25, 0.3) is 0 Å². The molecular weight excluding hydrogens is 321 g/mol. The Labute approximate surface area is 149 Å². The number of hydrogen-bond acceptors (Lipinski definition) is 1. The summed E-state index contributed by atoms with van der Waals surface area (Å²) in [7, 11) is -2.12. The van der Waals surface area contributed by atoms with Gasteiger partial charge in [0.05, 0.1) is 0 Å². The van der Waals surface area contributed by atoms with Crippen LogP contribution in [0.5, 0.6) is 0 Å². The summed E-state index contributed by atoms with van der Waals surface area (Å²) in [5.74, 6) is 0. The maximum Gasteiger partial charge on any atom is 0.0446 e. The predicted molar refractivity (Wildman–Crippen MR) is 109 cm³/mol. The lowest BCUT2D eigenvalue weighted by Gasteiger charge is -2.28. The molecule has 1 nitrogen and oxygen atoms in total. The largest absolute Gasteiger partial charge is 0.329 e. The highest BCUT2D eigenvalue weighted by atomic mass is 31.2. The standard InChI is InChI=1S/C23H19NP/c1-4-14-21(15-5-1)25(22-16-6-2-7-17-22,23-18-8-3-9-19-23)24-20-12-10-11-13-20/h1-19H/q-1. The van der Waals surface area contributed by atoms with Crippen LogP contribution in [0.4, 0.5) is 5.69 Å². The maximum atomic E-state index is 5.37. The summed E-state index contributed by atoms with van der Waals surface area (Å²) in [6, 6.07) is 40.4. The highest BCUT2D eigenvalue weighted by Crippen LogP contribution is 2.49. The van der Waals surface area contributed by atoms with Crippen molar-refractivity contribution in [3.05, 3.63) is 115 Å². The van der Waals surface area contributed by atoms with Gasteiger partial charge in [0.25, 0.3) is 0 Å². The van der Waals surface area contributed by atoms with Gasteiger partial charge in [-0.25, -0.2) is 0 Å². The third-order valence-corrected chi connectivity index (χ3v) is 7.97. The topological polar surface area (TPSA) is 12.4 Å². The van der Waals surface area contributed by atoms with Crippen LogP contribution in [0, 0.1) is 0 Å². The van der Waals surface area contributed by atoms with Crippen molar-refractivity contribution in [1.82, 2.24) is 0 Å². The van der Waals surface area contributed by atoms with Crippen molar-refractivity contribution in [3.8, 4) is 0 Å². The van der Waals surface area contributed by atoms with Gasteiger partial charge in [-0.15, -0.1) is 0 Å². The molecule has 25 heavy (non-hydrogen) atoms. The van der Waals surface area contributed by atoms with E-state index in [2.05, 4.69) is 115 Å². The first-order valence-corrected chi connectivity index (χ1v) is 10.1. The van der Waals surface area contributed by atoms with Gasteiger partial charge in [0.2, 0.25) is 0 Å². The lowest BCUT2D eigenvalue weighted by Crippen LogP contribution is -2.25. The van der Waals surface area contributed by atoms with E-state index in [-0.39, 0.29) is 0 Å². The lowest BCUT2D eigenvalue weighted by molar-refractivity contribution is 1.61. The highest BCUT2D eigenvalue weighted by Gasteiger charge is 2.25. The van der Waals surface area contributed by atoms with Crippen LogP contribution in [-0.2, 0) is 0 Å². The molecular formula is C23H19NP-. The molecule has 0 spiro atoms. The number of benzene rings is 3. The van der Waals surface area contributed by atoms with Crippen LogP contribution in [0.2, 0.25) is 0 Å². The van der Waals surface area contributed by atoms with Crippen molar-refractivity contribution in [2.45, 2.75) is 0 Å². The first kappa shape index (κ1) is 15.7. The molecule has 0 aliphatic rings. The molecule has 0 amide bonds. The quantitative estimate of drug-likeness (QED) is 0.357. The molecule has 122 valence electrons. The van der Waals surface area contributed by atoms with Gasteiger partial charge in [-0.3, -0.25) is 0 Å². The molecule has 0 aromatic heterocycles. The van der Waals surface area contributed by atoms with Gasteiger partial charge in [0, 0.05) is 7.05 Å². The summed E-state index contributed by atoms with van der Waals surface area (Å²) < 4.78 is 5.37. The summed E-state index contributed by atoms with van der Waals surface area (Å²) >= 11 is 0. The van der Waals surface area contributed by atoms with E-state index in [1.54, 1.807) is 0 Å². The zero-order chi connectivity index (χ0) is 17.0. The van der Waals surface area contributed by atoms with Crippen LogP contribution in [0.1, 0.15) is 0 Å². The van der Waals surface area contributed by atoms with Gasteiger partial charge in [-0.1, -0.05) is 96.7 Å². The Kier molecular flexibility index (Phi) is 4.41. The summed E-state index contributed by atoms with van der Waals surface area (Å²) in [4.78, 5) is 0. The fourth-order valence-electron chi connectivity index (χ4n) is 3.16. The molecule has 4 aromatic carbocycles. The van der Waals surface area contributed by atoms with E-state index in [1.165, 1.54) is 15.9 Å². The van der Waals surface area contributed by atoms with Crippen LogP contribution in [-0.4, -0.2) is 0 Å². The van der Waals surface area contributed by atoms with Crippen molar-refractivity contribution < 1.29 is 0 Å². The second-order valence-corrected chi connectivity index (χ2v) is 8.91. The molecule has 0 N–H and O–H groups in total. The summed E-state index contributed by atoms with van der Waals surface area (Å²) in [5.41, 5.74) is 1.03. The van der Waals surface area contributed by atoms with Crippen LogP contribution >= 0.6 is 7.05 Å². The lowest BCUT2D eigenvalue weighted by atomic mass is 10.4. The molecule has 4 rings (SSSR count). The molecule has 0 saturated carbocycles. The SMILES string of the molecule is c1ccc(P(=Nc2cc[cH-]c2)(c2ccccc2)c2ccccc2)cc1. The maximum absolute atomic E-state index is 5.37. The minimum atomic E-state index is -2.12. The van der Waals surface area contributed by atoms with Gasteiger partial charge in [-0.05, 0) is 15.9 Å². The van der Waals surface area contributed by atoms with Gasteiger partial charge in [0.1, 0.15) is 0 Å². The van der Waals surface area contributed by atoms with E-state index < -0.39 is 7.05 Å². The minimum absolute atomic E-state index is 1.03. The molecule has 0 aliphatic carbocycles. The fraction of sp³-hybridized carbons (Fsp3) is 0. The average molecular weight is 340 g/mol. The summed E-state index contributed by atoms with van der Waals surface area (Å²) in [6.07, 6.45) is 0. The van der Waals surface area contributed by atoms with Gasteiger partial charge < -0.3 is 4.74 Å². The van der Waals surface area contributed by atoms with E-state index in [1.807, 2.05) is 0 Å². The Morgan fingerprint density at radius 2 is 1.00 bits per heavy atom. The first-order chi connectivity index (χ1) is 12.4. The van der Waals surface area contributed by atoms with E-state index >= 15 is 0 Å².